The minimum atomic E-state index is -0.530. The minimum Gasteiger partial charge on any atom is -0.508 e. The van der Waals surface area contributed by atoms with E-state index in [9.17, 15) is 9.50 Å². The Bertz CT molecular complexity index is 484. The number of halogens is 1. The number of benzene rings is 1. The van der Waals surface area contributed by atoms with Gasteiger partial charge in [0.2, 0.25) is 11.7 Å². The number of rotatable bonds is 2. The number of hydrogen-bond donors (Lipinski definition) is 2. The number of aromatic hydroxyl groups is 1. The van der Waals surface area contributed by atoms with Gasteiger partial charge in [-0.3, -0.25) is 0 Å². The number of nitrogens with zero attached hydrogens (tertiary/aromatic N) is 2. The third-order valence-corrected chi connectivity index (χ3v) is 1.83. The van der Waals surface area contributed by atoms with Gasteiger partial charge in [-0.2, -0.15) is 4.98 Å². The van der Waals surface area contributed by atoms with Gasteiger partial charge < -0.3 is 15.4 Å². The first-order valence-electron chi connectivity index (χ1n) is 4.22. The summed E-state index contributed by atoms with van der Waals surface area (Å²) in [6.07, 6.45) is 0. The molecule has 0 saturated heterocycles. The van der Waals surface area contributed by atoms with Crippen molar-refractivity contribution < 1.29 is 14.0 Å². The third kappa shape index (κ3) is 1.79. The monoisotopic (exact) mass is 209 g/mol. The molecule has 78 valence electrons. The fraction of sp³-hybridized carbons (Fsp3) is 0.111. The van der Waals surface area contributed by atoms with E-state index < -0.39 is 5.82 Å². The van der Waals surface area contributed by atoms with Crippen molar-refractivity contribution >= 4 is 0 Å². The highest BCUT2D eigenvalue weighted by atomic mass is 19.1. The second-order valence-corrected chi connectivity index (χ2v) is 2.88. The lowest BCUT2D eigenvalue weighted by atomic mass is 10.2. The fourth-order valence-corrected chi connectivity index (χ4v) is 1.13. The van der Waals surface area contributed by atoms with Crippen LogP contribution in [0.1, 0.15) is 5.89 Å². The number of hydrogen-bond acceptors (Lipinski definition) is 5. The van der Waals surface area contributed by atoms with Crippen LogP contribution in [0.3, 0.4) is 0 Å². The molecule has 0 aliphatic carbocycles. The number of aromatic nitrogens is 2. The van der Waals surface area contributed by atoms with Crippen LogP contribution in [0.15, 0.2) is 22.7 Å². The molecule has 0 spiro atoms. The van der Waals surface area contributed by atoms with Crippen LogP contribution in [0.2, 0.25) is 0 Å². The molecule has 0 aliphatic rings. The van der Waals surface area contributed by atoms with Crippen molar-refractivity contribution in [3.05, 3.63) is 29.9 Å². The van der Waals surface area contributed by atoms with Crippen molar-refractivity contribution in [1.82, 2.24) is 10.1 Å². The lowest BCUT2D eigenvalue weighted by molar-refractivity contribution is 0.380. The van der Waals surface area contributed by atoms with Gasteiger partial charge in [-0.25, -0.2) is 4.39 Å². The molecule has 2 aromatic rings. The largest absolute Gasteiger partial charge is 0.508 e. The Balaban J connectivity index is 2.48. The van der Waals surface area contributed by atoms with Crippen LogP contribution < -0.4 is 5.73 Å². The molecule has 0 radical (unpaired) electrons. The molecule has 0 fully saturated rings. The lowest BCUT2D eigenvalue weighted by Crippen LogP contribution is -1.95. The molecule has 0 unspecified atom stereocenters. The van der Waals surface area contributed by atoms with Crippen LogP contribution in [0.5, 0.6) is 5.75 Å². The Labute approximate surface area is 84.3 Å². The van der Waals surface area contributed by atoms with Crippen LogP contribution in [0.4, 0.5) is 4.39 Å². The normalized spacial score (nSPS) is 10.5. The molecule has 1 aromatic carbocycles. The Morgan fingerprint density at radius 2 is 2.27 bits per heavy atom. The summed E-state index contributed by atoms with van der Waals surface area (Å²) in [5, 5.41) is 12.7. The lowest BCUT2D eigenvalue weighted by Gasteiger charge is -1.97. The zero-order valence-corrected chi connectivity index (χ0v) is 7.64. The van der Waals surface area contributed by atoms with Crippen molar-refractivity contribution in [2.75, 3.05) is 0 Å². The second kappa shape index (κ2) is 3.66. The number of phenolic OH excluding ortho intramolecular Hbond substituents is 1. The Hall–Kier alpha value is -1.95. The van der Waals surface area contributed by atoms with Gasteiger partial charge in [0.25, 0.3) is 0 Å². The maximum Gasteiger partial charge on any atom is 0.240 e. The van der Waals surface area contributed by atoms with Gasteiger partial charge in [0.15, 0.2) is 0 Å². The average Bonchev–Trinajstić information content (AvgIpc) is 2.70. The van der Waals surface area contributed by atoms with E-state index >= 15 is 0 Å². The summed E-state index contributed by atoms with van der Waals surface area (Å²) in [4.78, 5) is 3.85. The zero-order chi connectivity index (χ0) is 10.8. The Kier molecular flexibility index (Phi) is 2.34. The molecule has 1 heterocycles. The summed E-state index contributed by atoms with van der Waals surface area (Å²) >= 11 is 0. The van der Waals surface area contributed by atoms with E-state index in [4.69, 9.17) is 10.3 Å². The predicted octanol–water partition coefficient (Wildman–Crippen LogP) is 1.04. The van der Waals surface area contributed by atoms with Crippen LogP contribution in [0, 0.1) is 5.82 Å². The van der Waals surface area contributed by atoms with Crippen LogP contribution >= 0.6 is 0 Å². The number of nitrogens with two attached hydrogens (primary N) is 1. The molecule has 1 aromatic heterocycles. The zero-order valence-electron chi connectivity index (χ0n) is 7.64. The Morgan fingerprint density at radius 1 is 1.47 bits per heavy atom. The van der Waals surface area contributed by atoms with Crippen molar-refractivity contribution in [3.8, 4) is 17.1 Å². The van der Waals surface area contributed by atoms with Crippen LogP contribution in [-0.4, -0.2) is 15.2 Å². The SMILES string of the molecule is NCc1nc(-c2cc(O)ccc2F)no1. The fourth-order valence-electron chi connectivity index (χ4n) is 1.13. The van der Waals surface area contributed by atoms with Gasteiger partial charge >= 0.3 is 0 Å². The molecule has 0 atom stereocenters. The van der Waals surface area contributed by atoms with Gasteiger partial charge in [-0.05, 0) is 18.2 Å². The minimum absolute atomic E-state index is 0.0644. The van der Waals surface area contributed by atoms with Crippen LogP contribution in [-0.2, 0) is 6.54 Å². The summed E-state index contributed by atoms with van der Waals surface area (Å²) < 4.78 is 18.0. The van der Waals surface area contributed by atoms with Crippen molar-refractivity contribution in [3.63, 3.8) is 0 Å². The summed E-state index contributed by atoms with van der Waals surface area (Å²) in [7, 11) is 0. The molecule has 3 N–H and O–H groups in total. The molecule has 6 heteroatoms. The predicted molar refractivity (Wildman–Crippen MR) is 49.2 cm³/mol. The summed E-state index contributed by atoms with van der Waals surface area (Å²) in [6, 6.07) is 3.59. The third-order valence-electron chi connectivity index (χ3n) is 1.83. The average molecular weight is 209 g/mol. The quantitative estimate of drug-likeness (QED) is 0.771. The molecule has 0 bridgehead atoms. The standard InChI is InChI=1S/C9H8FN3O2/c10-7-2-1-5(14)3-6(7)9-12-8(4-11)15-13-9/h1-3,14H,4,11H2. The topological polar surface area (TPSA) is 85.2 Å². The highest BCUT2D eigenvalue weighted by Gasteiger charge is 2.12. The van der Waals surface area contributed by atoms with Crippen molar-refractivity contribution in [2.24, 2.45) is 5.73 Å². The van der Waals surface area contributed by atoms with Gasteiger partial charge in [-0.15, -0.1) is 0 Å². The van der Waals surface area contributed by atoms with E-state index in [0.29, 0.717) is 0 Å². The van der Waals surface area contributed by atoms with Gasteiger partial charge in [0.1, 0.15) is 11.6 Å². The van der Waals surface area contributed by atoms with Gasteiger partial charge in [0, 0.05) is 0 Å². The second-order valence-electron chi connectivity index (χ2n) is 2.88. The molecular formula is C9H8FN3O2. The van der Waals surface area contributed by atoms with Gasteiger partial charge in [0.05, 0.1) is 12.1 Å². The molecule has 2 rings (SSSR count). The highest BCUT2D eigenvalue weighted by molar-refractivity contribution is 5.57. The van der Waals surface area contributed by atoms with Gasteiger partial charge in [-0.1, -0.05) is 5.16 Å². The molecule has 0 amide bonds. The summed E-state index contributed by atoms with van der Waals surface area (Å²) in [6.45, 7) is 0.0907. The van der Waals surface area contributed by atoms with E-state index in [2.05, 4.69) is 10.1 Å². The first-order valence-corrected chi connectivity index (χ1v) is 4.22. The summed E-state index contributed by atoms with van der Waals surface area (Å²) in [5.74, 6) is -0.306. The maximum absolute atomic E-state index is 13.3. The summed E-state index contributed by atoms with van der Waals surface area (Å²) in [5.41, 5.74) is 5.35. The smallest absolute Gasteiger partial charge is 0.240 e. The molecule has 0 saturated carbocycles. The highest BCUT2D eigenvalue weighted by Crippen LogP contribution is 2.23. The van der Waals surface area contributed by atoms with Crippen molar-refractivity contribution in [2.45, 2.75) is 6.54 Å². The van der Waals surface area contributed by atoms with Crippen LogP contribution in [0.25, 0.3) is 11.4 Å². The molecular weight excluding hydrogens is 201 g/mol. The Morgan fingerprint density at radius 3 is 2.93 bits per heavy atom. The first-order chi connectivity index (χ1) is 7.20. The molecule has 15 heavy (non-hydrogen) atoms. The first kappa shape index (κ1) is 9.60. The molecule has 0 aliphatic heterocycles. The maximum atomic E-state index is 13.3. The van der Waals surface area contributed by atoms with E-state index in [1.807, 2.05) is 0 Å². The molecule has 5 nitrogen and oxygen atoms in total. The van der Waals surface area contributed by atoms with E-state index in [1.54, 1.807) is 0 Å². The number of phenols is 1. The van der Waals surface area contributed by atoms with E-state index in [-0.39, 0.29) is 29.6 Å². The van der Waals surface area contributed by atoms with E-state index in [1.165, 1.54) is 12.1 Å². The van der Waals surface area contributed by atoms with E-state index in [0.717, 1.165) is 6.07 Å². The van der Waals surface area contributed by atoms with Crippen molar-refractivity contribution in [1.29, 1.82) is 0 Å².